The summed E-state index contributed by atoms with van der Waals surface area (Å²) in [5.41, 5.74) is 1.80. The average molecular weight is 457 g/mol. The van der Waals surface area contributed by atoms with E-state index in [0.29, 0.717) is 12.0 Å². The Kier molecular flexibility index (Phi) is 8.50. The van der Waals surface area contributed by atoms with Gasteiger partial charge in [0.1, 0.15) is 0 Å². The quantitative estimate of drug-likeness (QED) is 0.484. The summed E-state index contributed by atoms with van der Waals surface area (Å²) < 4.78 is 1.19. The SMILES string of the molecule is OCCC1(CCCN2CCC(Cc3cc(Cl)ccc3Br)CC2)CCCCC1. The van der Waals surface area contributed by atoms with Crippen LogP contribution in [-0.2, 0) is 6.42 Å². The Balaban J connectivity index is 1.39. The van der Waals surface area contributed by atoms with E-state index in [1.807, 2.05) is 6.07 Å². The van der Waals surface area contributed by atoms with E-state index in [1.54, 1.807) is 0 Å². The number of hydrogen-bond donors (Lipinski definition) is 1. The van der Waals surface area contributed by atoms with Crippen molar-refractivity contribution in [1.82, 2.24) is 4.90 Å². The lowest BCUT2D eigenvalue weighted by Gasteiger charge is -2.38. The highest BCUT2D eigenvalue weighted by molar-refractivity contribution is 9.10. The number of nitrogens with zero attached hydrogens (tertiary/aromatic N) is 1. The van der Waals surface area contributed by atoms with Gasteiger partial charge in [-0.25, -0.2) is 0 Å². The van der Waals surface area contributed by atoms with Gasteiger partial charge in [-0.15, -0.1) is 0 Å². The van der Waals surface area contributed by atoms with Crippen LogP contribution in [0, 0.1) is 11.3 Å². The Morgan fingerprint density at radius 1 is 1.11 bits per heavy atom. The highest BCUT2D eigenvalue weighted by Gasteiger charge is 2.31. The monoisotopic (exact) mass is 455 g/mol. The van der Waals surface area contributed by atoms with Crippen molar-refractivity contribution in [2.45, 2.75) is 70.6 Å². The Morgan fingerprint density at radius 3 is 2.56 bits per heavy atom. The van der Waals surface area contributed by atoms with Gasteiger partial charge in [0.25, 0.3) is 0 Å². The molecule has 27 heavy (non-hydrogen) atoms. The zero-order chi connectivity index (χ0) is 19.1. The van der Waals surface area contributed by atoms with Gasteiger partial charge in [0.2, 0.25) is 0 Å². The first-order chi connectivity index (χ1) is 13.1. The van der Waals surface area contributed by atoms with Crippen molar-refractivity contribution < 1.29 is 5.11 Å². The van der Waals surface area contributed by atoms with Crippen LogP contribution < -0.4 is 0 Å². The minimum atomic E-state index is 0.366. The number of aliphatic hydroxyl groups is 1. The molecule has 0 radical (unpaired) electrons. The molecule has 0 amide bonds. The lowest BCUT2D eigenvalue weighted by Crippen LogP contribution is -2.36. The van der Waals surface area contributed by atoms with Gasteiger partial charge >= 0.3 is 0 Å². The summed E-state index contributed by atoms with van der Waals surface area (Å²) in [7, 11) is 0. The topological polar surface area (TPSA) is 23.5 Å². The molecular formula is C23H35BrClNO. The van der Waals surface area contributed by atoms with Gasteiger partial charge in [-0.05, 0) is 106 Å². The van der Waals surface area contributed by atoms with Gasteiger partial charge in [-0.2, -0.15) is 0 Å². The number of hydrogen-bond acceptors (Lipinski definition) is 2. The van der Waals surface area contributed by atoms with Gasteiger partial charge in [0.05, 0.1) is 0 Å². The van der Waals surface area contributed by atoms with Crippen molar-refractivity contribution in [2.24, 2.45) is 11.3 Å². The summed E-state index contributed by atoms with van der Waals surface area (Å²) in [6.07, 6.45) is 14.1. The second kappa shape index (κ2) is 10.6. The molecule has 1 aromatic rings. The van der Waals surface area contributed by atoms with E-state index in [1.165, 1.54) is 87.5 Å². The van der Waals surface area contributed by atoms with E-state index in [0.717, 1.165) is 23.8 Å². The molecule has 1 saturated carbocycles. The van der Waals surface area contributed by atoms with Gasteiger partial charge < -0.3 is 10.0 Å². The van der Waals surface area contributed by atoms with Gasteiger partial charge in [-0.3, -0.25) is 0 Å². The highest BCUT2D eigenvalue weighted by atomic mass is 79.9. The molecule has 0 bridgehead atoms. The molecule has 152 valence electrons. The molecule has 1 N–H and O–H groups in total. The van der Waals surface area contributed by atoms with E-state index in [9.17, 15) is 5.11 Å². The first-order valence-electron chi connectivity index (χ1n) is 10.9. The Bertz CT molecular complexity index is 574. The van der Waals surface area contributed by atoms with Crippen LogP contribution in [0.2, 0.25) is 5.02 Å². The maximum Gasteiger partial charge on any atom is 0.0436 e. The van der Waals surface area contributed by atoms with Gasteiger partial charge in [0.15, 0.2) is 0 Å². The Labute approximate surface area is 178 Å². The van der Waals surface area contributed by atoms with Crippen LogP contribution in [0.5, 0.6) is 0 Å². The van der Waals surface area contributed by atoms with E-state index < -0.39 is 0 Å². The van der Waals surface area contributed by atoms with Gasteiger partial charge in [0, 0.05) is 16.1 Å². The molecule has 0 atom stereocenters. The molecule has 0 spiro atoms. The lowest BCUT2D eigenvalue weighted by molar-refractivity contribution is 0.105. The highest BCUT2D eigenvalue weighted by Crippen LogP contribution is 2.43. The van der Waals surface area contributed by atoms with Crippen LogP contribution in [0.15, 0.2) is 22.7 Å². The number of halogens is 2. The first kappa shape index (κ1) is 21.6. The smallest absolute Gasteiger partial charge is 0.0436 e. The van der Waals surface area contributed by atoms with E-state index in [-0.39, 0.29) is 0 Å². The molecule has 1 aromatic carbocycles. The molecule has 1 saturated heterocycles. The molecule has 3 rings (SSSR count). The molecule has 2 fully saturated rings. The van der Waals surface area contributed by atoms with Crippen molar-refractivity contribution >= 4 is 27.5 Å². The predicted octanol–water partition coefficient (Wildman–Crippen LogP) is 6.47. The maximum atomic E-state index is 9.50. The average Bonchev–Trinajstić information content (AvgIpc) is 2.67. The van der Waals surface area contributed by atoms with E-state index in [2.05, 4.69) is 33.0 Å². The molecule has 0 unspecified atom stereocenters. The summed E-state index contributed by atoms with van der Waals surface area (Å²) >= 11 is 9.84. The van der Waals surface area contributed by atoms with E-state index in [4.69, 9.17) is 11.6 Å². The number of piperidine rings is 1. The molecule has 1 aliphatic carbocycles. The normalized spacial score (nSPS) is 21.4. The number of aliphatic hydroxyl groups excluding tert-OH is 1. The third-order valence-corrected chi connectivity index (χ3v) is 7.97. The van der Waals surface area contributed by atoms with Crippen LogP contribution in [0.4, 0.5) is 0 Å². The van der Waals surface area contributed by atoms with Crippen molar-refractivity contribution in [1.29, 1.82) is 0 Å². The second-order valence-electron chi connectivity index (χ2n) is 8.86. The molecule has 1 aliphatic heterocycles. The fourth-order valence-electron chi connectivity index (χ4n) is 5.27. The molecule has 2 aliphatic rings. The number of rotatable bonds is 8. The zero-order valence-electron chi connectivity index (χ0n) is 16.6. The van der Waals surface area contributed by atoms with Crippen molar-refractivity contribution in [3.05, 3.63) is 33.3 Å². The van der Waals surface area contributed by atoms with Crippen LogP contribution in [0.1, 0.15) is 69.8 Å². The van der Waals surface area contributed by atoms with Crippen LogP contribution in [0.3, 0.4) is 0 Å². The number of likely N-dealkylation sites (tertiary alicyclic amines) is 1. The maximum absolute atomic E-state index is 9.50. The van der Waals surface area contributed by atoms with Crippen LogP contribution in [-0.4, -0.2) is 36.2 Å². The second-order valence-corrected chi connectivity index (χ2v) is 10.2. The third-order valence-electron chi connectivity index (χ3n) is 6.96. The summed E-state index contributed by atoms with van der Waals surface area (Å²) in [5, 5.41) is 10.3. The summed E-state index contributed by atoms with van der Waals surface area (Å²) in [6, 6.07) is 6.14. The zero-order valence-corrected chi connectivity index (χ0v) is 18.9. The molecule has 4 heteroatoms. The minimum absolute atomic E-state index is 0.366. The van der Waals surface area contributed by atoms with Crippen molar-refractivity contribution in [3.8, 4) is 0 Å². The predicted molar refractivity (Wildman–Crippen MR) is 118 cm³/mol. The summed E-state index contributed by atoms with van der Waals surface area (Å²) in [4.78, 5) is 2.67. The van der Waals surface area contributed by atoms with Crippen molar-refractivity contribution in [2.75, 3.05) is 26.2 Å². The van der Waals surface area contributed by atoms with Crippen LogP contribution >= 0.6 is 27.5 Å². The third kappa shape index (κ3) is 6.45. The Hall–Kier alpha value is -0.0900. The fourth-order valence-corrected chi connectivity index (χ4v) is 5.87. The summed E-state index contributed by atoms with van der Waals surface area (Å²) in [5.74, 6) is 0.773. The summed E-state index contributed by atoms with van der Waals surface area (Å²) in [6.45, 7) is 4.07. The number of benzene rings is 1. The first-order valence-corrected chi connectivity index (χ1v) is 12.0. The molecular weight excluding hydrogens is 422 g/mol. The fraction of sp³-hybridized carbons (Fsp3) is 0.739. The standard InChI is InChI=1S/C23H35BrClNO/c24-22-6-5-21(25)18-20(22)17-19-7-14-26(15-8-19)13-4-11-23(12-16-27)9-2-1-3-10-23/h5-6,18-19,27H,1-4,7-17H2. The van der Waals surface area contributed by atoms with E-state index >= 15 is 0 Å². The lowest BCUT2D eigenvalue weighted by atomic mass is 9.69. The Morgan fingerprint density at radius 2 is 1.85 bits per heavy atom. The minimum Gasteiger partial charge on any atom is -0.396 e. The van der Waals surface area contributed by atoms with Gasteiger partial charge in [-0.1, -0.05) is 46.8 Å². The molecule has 2 nitrogen and oxygen atoms in total. The van der Waals surface area contributed by atoms with Crippen molar-refractivity contribution in [3.63, 3.8) is 0 Å². The van der Waals surface area contributed by atoms with Crippen LogP contribution in [0.25, 0.3) is 0 Å². The molecule has 1 heterocycles. The largest absolute Gasteiger partial charge is 0.396 e. The molecule has 0 aromatic heterocycles.